The lowest BCUT2D eigenvalue weighted by Gasteiger charge is -2.32. The second-order valence-electron chi connectivity index (χ2n) is 6.74. The third-order valence-electron chi connectivity index (χ3n) is 4.91. The Morgan fingerprint density at radius 1 is 0.679 bits per heavy atom. The zero-order valence-corrected chi connectivity index (χ0v) is 15.3. The molecule has 0 radical (unpaired) electrons. The van der Waals surface area contributed by atoms with Crippen LogP contribution in [0.4, 0.5) is 0 Å². The molecule has 0 aliphatic heterocycles. The molecule has 0 aromatic heterocycles. The summed E-state index contributed by atoms with van der Waals surface area (Å²) in [5.41, 5.74) is 2.96. The molecule has 0 amide bonds. The van der Waals surface area contributed by atoms with Crippen molar-refractivity contribution in [3.63, 3.8) is 0 Å². The molecule has 2 unspecified atom stereocenters. The number of hydrogen-bond acceptors (Lipinski definition) is 4. The van der Waals surface area contributed by atoms with E-state index in [0.29, 0.717) is 17.5 Å². The summed E-state index contributed by atoms with van der Waals surface area (Å²) in [6.45, 7) is 0. The van der Waals surface area contributed by atoms with Crippen molar-refractivity contribution >= 4 is 11.9 Å². The maximum absolute atomic E-state index is 12.7. The number of esters is 2. The summed E-state index contributed by atoms with van der Waals surface area (Å²) in [5, 5.41) is 0. The topological polar surface area (TPSA) is 52.6 Å². The number of carbonyl (C=O) groups excluding carboxylic acids is 2. The van der Waals surface area contributed by atoms with E-state index in [9.17, 15) is 9.59 Å². The van der Waals surface area contributed by atoms with Crippen molar-refractivity contribution in [2.75, 3.05) is 0 Å². The minimum atomic E-state index is -0.634. The van der Waals surface area contributed by atoms with Crippen LogP contribution in [0.1, 0.15) is 44.4 Å². The van der Waals surface area contributed by atoms with Crippen LogP contribution in [0.15, 0.2) is 84.9 Å². The molecule has 28 heavy (non-hydrogen) atoms. The molecule has 2 atom stereocenters. The van der Waals surface area contributed by atoms with Crippen molar-refractivity contribution in [1.29, 1.82) is 0 Å². The highest BCUT2D eigenvalue weighted by atomic mass is 16.6. The number of ether oxygens (including phenoxy) is 2. The van der Waals surface area contributed by atoms with Crippen molar-refractivity contribution in [3.8, 4) is 0 Å². The van der Waals surface area contributed by atoms with Crippen LogP contribution in [0.3, 0.4) is 0 Å². The second kappa shape index (κ2) is 8.09. The maximum Gasteiger partial charge on any atom is 0.338 e. The number of benzene rings is 3. The van der Waals surface area contributed by atoms with Gasteiger partial charge in [-0.1, -0.05) is 60.7 Å². The summed E-state index contributed by atoms with van der Waals surface area (Å²) in [6.07, 6.45) is 0.200. The molecule has 0 spiro atoms. The first-order valence-corrected chi connectivity index (χ1v) is 9.32. The molecule has 3 aromatic rings. The Hall–Kier alpha value is -3.40. The number of aryl methyl sites for hydroxylation is 1. The fraction of sp³-hybridized carbons (Fsp3) is 0.167. The Bertz CT molecular complexity index is 966. The summed E-state index contributed by atoms with van der Waals surface area (Å²) in [4.78, 5) is 25.2. The van der Waals surface area contributed by atoms with Gasteiger partial charge in [-0.2, -0.15) is 0 Å². The van der Waals surface area contributed by atoms with Gasteiger partial charge in [0.2, 0.25) is 0 Å². The van der Waals surface area contributed by atoms with Gasteiger partial charge in [0.25, 0.3) is 0 Å². The molecular weight excluding hydrogens is 352 g/mol. The van der Waals surface area contributed by atoms with Crippen LogP contribution >= 0.6 is 0 Å². The first-order chi connectivity index (χ1) is 13.7. The average molecular weight is 372 g/mol. The zero-order chi connectivity index (χ0) is 19.3. The van der Waals surface area contributed by atoms with Gasteiger partial charge in [-0.05, 0) is 48.2 Å². The molecule has 4 nitrogen and oxygen atoms in total. The molecular formula is C24H20O4. The highest BCUT2D eigenvalue weighted by Gasteiger charge is 2.35. The Balaban J connectivity index is 1.60. The highest BCUT2D eigenvalue weighted by Crippen LogP contribution is 2.35. The summed E-state index contributed by atoms with van der Waals surface area (Å²) in [6, 6.07) is 25.5. The van der Waals surface area contributed by atoms with E-state index < -0.39 is 24.1 Å². The van der Waals surface area contributed by atoms with Gasteiger partial charge in [0.1, 0.15) is 6.10 Å². The predicted molar refractivity (Wildman–Crippen MR) is 105 cm³/mol. The van der Waals surface area contributed by atoms with Gasteiger partial charge >= 0.3 is 11.9 Å². The molecule has 1 aliphatic rings. The van der Waals surface area contributed by atoms with E-state index in [1.54, 1.807) is 48.5 Å². The van der Waals surface area contributed by atoms with Gasteiger partial charge in [-0.3, -0.25) is 0 Å². The van der Waals surface area contributed by atoms with E-state index >= 15 is 0 Å². The van der Waals surface area contributed by atoms with Crippen LogP contribution in [0.25, 0.3) is 0 Å². The Labute approximate surface area is 163 Å². The van der Waals surface area contributed by atoms with Crippen LogP contribution in [0.2, 0.25) is 0 Å². The third-order valence-corrected chi connectivity index (χ3v) is 4.91. The molecule has 0 saturated carbocycles. The van der Waals surface area contributed by atoms with Gasteiger partial charge in [-0.15, -0.1) is 0 Å². The molecule has 0 N–H and O–H groups in total. The second-order valence-corrected chi connectivity index (χ2v) is 6.74. The molecule has 0 heterocycles. The van der Waals surface area contributed by atoms with Crippen molar-refractivity contribution in [3.05, 3.63) is 107 Å². The highest BCUT2D eigenvalue weighted by molar-refractivity contribution is 5.90. The van der Waals surface area contributed by atoms with Gasteiger partial charge in [0.05, 0.1) is 11.1 Å². The molecule has 4 rings (SSSR count). The monoisotopic (exact) mass is 372 g/mol. The molecule has 0 saturated heterocycles. The predicted octanol–water partition coefficient (Wildman–Crippen LogP) is 4.76. The number of fused-ring (bicyclic) bond motifs is 1. The average Bonchev–Trinajstić information content (AvgIpc) is 2.76. The van der Waals surface area contributed by atoms with E-state index in [0.717, 1.165) is 17.5 Å². The number of carbonyl (C=O) groups is 2. The Morgan fingerprint density at radius 2 is 1.21 bits per heavy atom. The summed E-state index contributed by atoms with van der Waals surface area (Å²) < 4.78 is 11.6. The lowest BCUT2D eigenvalue weighted by molar-refractivity contribution is -0.0437. The lowest BCUT2D eigenvalue weighted by Crippen LogP contribution is -2.33. The molecule has 0 fully saturated rings. The van der Waals surface area contributed by atoms with Crippen molar-refractivity contribution in [2.45, 2.75) is 25.0 Å². The molecule has 4 heteroatoms. The normalized spacial score (nSPS) is 18.0. The van der Waals surface area contributed by atoms with E-state index in [1.165, 1.54) is 0 Å². The van der Waals surface area contributed by atoms with E-state index in [1.807, 2.05) is 36.4 Å². The van der Waals surface area contributed by atoms with Crippen LogP contribution in [-0.4, -0.2) is 18.0 Å². The fourth-order valence-electron chi connectivity index (χ4n) is 3.49. The van der Waals surface area contributed by atoms with Crippen LogP contribution in [0, 0.1) is 0 Å². The van der Waals surface area contributed by atoms with Crippen molar-refractivity contribution in [1.82, 2.24) is 0 Å². The minimum absolute atomic E-state index is 0.411. The van der Waals surface area contributed by atoms with E-state index in [4.69, 9.17) is 9.47 Å². The van der Waals surface area contributed by atoms with E-state index in [-0.39, 0.29) is 0 Å². The maximum atomic E-state index is 12.7. The zero-order valence-electron chi connectivity index (χ0n) is 15.3. The smallest absolute Gasteiger partial charge is 0.338 e. The SMILES string of the molecule is O=C(OC1CCc2ccccc2C1OC(=O)c1ccccc1)c1ccccc1. The summed E-state index contributed by atoms with van der Waals surface area (Å²) >= 11 is 0. The minimum Gasteiger partial charge on any atom is -0.454 e. The van der Waals surface area contributed by atoms with Crippen LogP contribution in [-0.2, 0) is 15.9 Å². The van der Waals surface area contributed by atoms with Crippen LogP contribution in [0.5, 0.6) is 0 Å². The van der Waals surface area contributed by atoms with Gasteiger partial charge < -0.3 is 9.47 Å². The molecule has 1 aliphatic carbocycles. The van der Waals surface area contributed by atoms with Gasteiger partial charge in [0, 0.05) is 0 Å². The molecule has 3 aromatic carbocycles. The van der Waals surface area contributed by atoms with Crippen molar-refractivity contribution < 1.29 is 19.1 Å². The molecule has 140 valence electrons. The third kappa shape index (κ3) is 3.81. The first-order valence-electron chi connectivity index (χ1n) is 9.32. The first kappa shape index (κ1) is 18.0. The Morgan fingerprint density at radius 3 is 1.86 bits per heavy atom. The molecule has 0 bridgehead atoms. The quantitative estimate of drug-likeness (QED) is 0.620. The lowest BCUT2D eigenvalue weighted by atomic mass is 9.87. The van der Waals surface area contributed by atoms with E-state index in [2.05, 4.69) is 0 Å². The fourth-order valence-corrected chi connectivity index (χ4v) is 3.49. The summed E-state index contributed by atoms with van der Waals surface area (Å²) in [7, 11) is 0. The van der Waals surface area contributed by atoms with Gasteiger partial charge in [0.15, 0.2) is 6.10 Å². The van der Waals surface area contributed by atoms with Gasteiger partial charge in [-0.25, -0.2) is 9.59 Å². The standard InChI is InChI=1S/C24H20O4/c25-23(18-10-3-1-4-11-18)27-21-16-15-17-9-7-8-14-20(17)22(21)28-24(26)19-12-5-2-6-13-19/h1-14,21-22H,15-16H2. The van der Waals surface area contributed by atoms with Crippen LogP contribution < -0.4 is 0 Å². The number of hydrogen-bond donors (Lipinski definition) is 0. The van der Waals surface area contributed by atoms with Crippen molar-refractivity contribution in [2.24, 2.45) is 0 Å². The Kier molecular flexibility index (Phi) is 5.20. The number of rotatable bonds is 4. The largest absolute Gasteiger partial charge is 0.454 e. The summed E-state index contributed by atoms with van der Waals surface area (Å²) in [5.74, 6) is -0.839.